The first kappa shape index (κ1) is 12.5. The van der Waals surface area contributed by atoms with Gasteiger partial charge in [-0.1, -0.05) is 13.8 Å². The molecule has 1 aliphatic heterocycles. The highest BCUT2D eigenvalue weighted by atomic mass is 16.6. The van der Waals surface area contributed by atoms with Gasteiger partial charge in [0.05, 0.1) is 13.0 Å². The van der Waals surface area contributed by atoms with Crippen molar-refractivity contribution in [2.24, 2.45) is 11.3 Å². The molecule has 15 heavy (non-hydrogen) atoms. The molecular weight excluding hydrogens is 196 g/mol. The molecule has 4 heteroatoms. The number of aliphatic hydroxyl groups is 2. The second kappa shape index (κ2) is 4.10. The zero-order valence-corrected chi connectivity index (χ0v) is 9.62. The van der Waals surface area contributed by atoms with Gasteiger partial charge in [0.25, 0.3) is 0 Å². The van der Waals surface area contributed by atoms with Crippen molar-refractivity contribution in [3.8, 4) is 0 Å². The monoisotopic (exact) mass is 216 g/mol. The van der Waals surface area contributed by atoms with Crippen molar-refractivity contribution in [1.82, 2.24) is 0 Å². The van der Waals surface area contributed by atoms with Crippen LogP contribution < -0.4 is 0 Å². The van der Waals surface area contributed by atoms with Crippen molar-refractivity contribution in [2.75, 3.05) is 13.2 Å². The third kappa shape index (κ3) is 1.88. The van der Waals surface area contributed by atoms with Gasteiger partial charge in [0, 0.05) is 17.9 Å². The van der Waals surface area contributed by atoms with Crippen LogP contribution >= 0.6 is 0 Å². The van der Waals surface area contributed by atoms with E-state index >= 15 is 0 Å². The third-order valence-electron chi connectivity index (χ3n) is 3.95. The maximum atomic E-state index is 11.3. The normalized spacial score (nSPS) is 35.0. The average molecular weight is 216 g/mol. The lowest BCUT2D eigenvalue weighted by molar-refractivity contribution is -0.167. The average Bonchev–Trinajstić information content (AvgIpc) is 2.42. The van der Waals surface area contributed by atoms with Crippen LogP contribution in [0.5, 0.6) is 0 Å². The van der Waals surface area contributed by atoms with Crippen LogP contribution in [-0.4, -0.2) is 35.0 Å². The minimum absolute atomic E-state index is 0.0169. The fraction of sp³-hybridized carbons (Fsp3) is 0.909. The highest BCUT2D eigenvalue weighted by molar-refractivity contribution is 5.73. The second-order valence-electron chi connectivity index (χ2n) is 4.88. The van der Waals surface area contributed by atoms with Crippen molar-refractivity contribution in [3.63, 3.8) is 0 Å². The van der Waals surface area contributed by atoms with Gasteiger partial charge >= 0.3 is 5.97 Å². The predicted molar refractivity (Wildman–Crippen MR) is 55.2 cm³/mol. The summed E-state index contributed by atoms with van der Waals surface area (Å²) in [5.41, 5.74) is -1.26. The molecule has 1 saturated heterocycles. The summed E-state index contributed by atoms with van der Waals surface area (Å²) in [7, 11) is 0. The van der Waals surface area contributed by atoms with Crippen LogP contribution in [-0.2, 0) is 9.53 Å². The number of rotatable bonds is 4. The predicted octanol–water partition coefficient (Wildman–Crippen LogP) is 0.709. The SMILES string of the molecule is C[C@@H]1CC(=O)O[C@]1(C)C(C)(CO)CCO. The summed E-state index contributed by atoms with van der Waals surface area (Å²) < 4.78 is 5.36. The highest BCUT2D eigenvalue weighted by Crippen LogP contribution is 2.47. The molecule has 4 nitrogen and oxygen atoms in total. The van der Waals surface area contributed by atoms with E-state index in [1.54, 1.807) is 0 Å². The van der Waals surface area contributed by atoms with Gasteiger partial charge in [-0.25, -0.2) is 0 Å². The fourth-order valence-electron chi connectivity index (χ4n) is 2.27. The molecule has 0 aromatic carbocycles. The third-order valence-corrected chi connectivity index (χ3v) is 3.95. The molecule has 1 aliphatic rings. The van der Waals surface area contributed by atoms with E-state index in [1.807, 2.05) is 20.8 Å². The molecule has 2 N–H and O–H groups in total. The van der Waals surface area contributed by atoms with Crippen LogP contribution in [0.1, 0.15) is 33.6 Å². The fourth-order valence-corrected chi connectivity index (χ4v) is 2.27. The van der Waals surface area contributed by atoms with E-state index in [1.165, 1.54) is 0 Å². The summed E-state index contributed by atoms with van der Waals surface area (Å²) in [4.78, 5) is 11.3. The number of ether oxygens (including phenoxy) is 1. The molecule has 0 amide bonds. The van der Waals surface area contributed by atoms with Crippen LogP contribution in [0.2, 0.25) is 0 Å². The summed E-state index contributed by atoms with van der Waals surface area (Å²) >= 11 is 0. The summed E-state index contributed by atoms with van der Waals surface area (Å²) in [6, 6.07) is 0. The summed E-state index contributed by atoms with van der Waals surface area (Å²) in [5.74, 6) is -0.156. The van der Waals surface area contributed by atoms with E-state index in [0.29, 0.717) is 12.8 Å². The molecule has 0 saturated carbocycles. The van der Waals surface area contributed by atoms with E-state index in [-0.39, 0.29) is 25.1 Å². The van der Waals surface area contributed by atoms with Gasteiger partial charge in [-0.2, -0.15) is 0 Å². The molecule has 1 fully saturated rings. The van der Waals surface area contributed by atoms with E-state index in [2.05, 4.69) is 0 Å². The Labute approximate surface area is 90.2 Å². The van der Waals surface area contributed by atoms with Gasteiger partial charge in [0.1, 0.15) is 5.60 Å². The number of esters is 1. The Morgan fingerprint density at radius 3 is 2.53 bits per heavy atom. The Bertz CT molecular complexity index is 253. The largest absolute Gasteiger partial charge is 0.458 e. The number of aliphatic hydroxyl groups excluding tert-OH is 2. The Balaban J connectivity index is 2.96. The molecule has 1 rings (SSSR count). The topological polar surface area (TPSA) is 66.8 Å². The molecule has 0 bridgehead atoms. The first-order valence-corrected chi connectivity index (χ1v) is 5.33. The molecule has 0 aromatic heterocycles. The van der Waals surface area contributed by atoms with Crippen molar-refractivity contribution in [1.29, 1.82) is 0 Å². The van der Waals surface area contributed by atoms with Gasteiger partial charge in [0.2, 0.25) is 0 Å². The summed E-state index contributed by atoms with van der Waals surface area (Å²) in [5, 5.41) is 18.5. The van der Waals surface area contributed by atoms with Crippen molar-refractivity contribution in [2.45, 2.75) is 39.2 Å². The molecular formula is C11H20O4. The van der Waals surface area contributed by atoms with Crippen molar-refractivity contribution < 1.29 is 19.7 Å². The first-order valence-electron chi connectivity index (χ1n) is 5.33. The molecule has 0 aliphatic carbocycles. The maximum absolute atomic E-state index is 11.3. The van der Waals surface area contributed by atoms with E-state index in [9.17, 15) is 9.90 Å². The quantitative estimate of drug-likeness (QED) is 0.679. The van der Waals surface area contributed by atoms with Gasteiger partial charge in [-0.3, -0.25) is 4.79 Å². The molecule has 0 radical (unpaired) electrons. The van der Waals surface area contributed by atoms with Gasteiger partial charge < -0.3 is 14.9 Å². The van der Waals surface area contributed by atoms with E-state index in [4.69, 9.17) is 9.84 Å². The Morgan fingerprint density at radius 2 is 2.20 bits per heavy atom. The minimum Gasteiger partial charge on any atom is -0.458 e. The molecule has 0 spiro atoms. The van der Waals surface area contributed by atoms with Gasteiger partial charge in [0.15, 0.2) is 0 Å². The lowest BCUT2D eigenvalue weighted by atomic mass is 9.67. The van der Waals surface area contributed by atoms with Crippen molar-refractivity contribution in [3.05, 3.63) is 0 Å². The van der Waals surface area contributed by atoms with E-state index < -0.39 is 11.0 Å². The van der Waals surface area contributed by atoms with Crippen LogP contribution in [0.25, 0.3) is 0 Å². The molecule has 0 aromatic rings. The molecule has 1 heterocycles. The van der Waals surface area contributed by atoms with E-state index in [0.717, 1.165) is 0 Å². The highest BCUT2D eigenvalue weighted by Gasteiger charge is 2.54. The van der Waals surface area contributed by atoms with Gasteiger partial charge in [-0.15, -0.1) is 0 Å². The van der Waals surface area contributed by atoms with Crippen LogP contribution in [0.3, 0.4) is 0 Å². The lowest BCUT2D eigenvalue weighted by Gasteiger charge is -2.43. The zero-order valence-electron chi connectivity index (χ0n) is 9.62. The van der Waals surface area contributed by atoms with Crippen LogP contribution in [0.4, 0.5) is 0 Å². The second-order valence-corrected chi connectivity index (χ2v) is 4.88. The Kier molecular flexibility index (Phi) is 3.41. The maximum Gasteiger partial charge on any atom is 0.306 e. The Hall–Kier alpha value is -0.610. The first-order chi connectivity index (χ1) is 6.89. The standard InChI is InChI=1S/C11H20O4/c1-8-6-9(14)15-11(8,3)10(2,7-13)4-5-12/h8,12-13H,4-7H2,1-3H3/t8-,10?,11+/m1/s1. The number of carbonyl (C=O) groups is 1. The van der Waals surface area contributed by atoms with Crippen molar-refractivity contribution >= 4 is 5.97 Å². The zero-order chi connectivity index (χ0) is 11.7. The lowest BCUT2D eigenvalue weighted by Crippen LogP contribution is -2.50. The number of carbonyl (C=O) groups excluding carboxylic acids is 1. The van der Waals surface area contributed by atoms with Crippen LogP contribution in [0, 0.1) is 11.3 Å². The smallest absolute Gasteiger partial charge is 0.306 e. The molecule has 1 unspecified atom stereocenters. The molecule has 3 atom stereocenters. The Morgan fingerprint density at radius 1 is 1.60 bits per heavy atom. The molecule has 88 valence electrons. The number of cyclic esters (lactones) is 1. The van der Waals surface area contributed by atoms with Gasteiger partial charge in [-0.05, 0) is 13.3 Å². The summed E-state index contributed by atoms with van der Waals surface area (Å²) in [6.07, 6.45) is 0.815. The number of hydrogen-bond acceptors (Lipinski definition) is 4. The van der Waals surface area contributed by atoms with Crippen LogP contribution in [0.15, 0.2) is 0 Å². The summed E-state index contributed by atoms with van der Waals surface area (Å²) in [6.45, 7) is 5.52. The minimum atomic E-state index is -0.679. The number of hydrogen-bond donors (Lipinski definition) is 2.